The summed E-state index contributed by atoms with van der Waals surface area (Å²) in [5, 5.41) is 3.13. The van der Waals surface area contributed by atoms with Gasteiger partial charge in [0.25, 0.3) is 0 Å². The average molecular weight is 208 g/mol. The molecule has 0 heterocycles. The van der Waals surface area contributed by atoms with E-state index in [1.165, 1.54) is 5.56 Å². The molecular formula is C12H20N2O. The number of methoxy groups -OCH3 is 1. The van der Waals surface area contributed by atoms with Crippen molar-refractivity contribution in [2.75, 3.05) is 34.4 Å². The van der Waals surface area contributed by atoms with Crippen LogP contribution in [0.1, 0.15) is 5.56 Å². The molecule has 0 radical (unpaired) electrons. The zero-order chi connectivity index (χ0) is 11.1. The summed E-state index contributed by atoms with van der Waals surface area (Å²) >= 11 is 0. The van der Waals surface area contributed by atoms with Crippen LogP contribution in [-0.4, -0.2) is 39.3 Å². The van der Waals surface area contributed by atoms with Crippen molar-refractivity contribution >= 4 is 0 Å². The van der Waals surface area contributed by atoms with Crippen molar-refractivity contribution in [3.05, 3.63) is 29.8 Å². The van der Waals surface area contributed by atoms with Crippen molar-refractivity contribution in [2.24, 2.45) is 0 Å². The third-order valence-electron chi connectivity index (χ3n) is 2.34. The molecule has 1 N–H and O–H groups in total. The van der Waals surface area contributed by atoms with Crippen LogP contribution in [0.5, 0.6) is 5.75 Å². The monoisotopic (exact) mass is 208 g/mol. The number of nitrogens with one attached hydrogen (secondary N) is 1. The van der Waals surface area contributed by atoms with Crippen LogP contribution >= 0.6 is 0 Å². The smallest absolute Gasteiger partial charge is 0.119 e. The maximum absolute atomic E-state index is 5.18. The van der Waals surface area contributed by atoms with Gasteiger partial charge < -0.3 is 10.1 Å². The van der Waals surface area contributed by atoms with Crippen LogP contribution in [-0.2, 0) is 6.42 Å². The van der Waals surface area contributed by atoms with E-state index in [9.17, 15) is 0 Å². The Morgan fingerprint density at radius 2 is 2.20 bits per heavy atom. The SMILES string of the molecule is CNCN(C)CCc1cccc(OC)c1. The molecule has 3 nitrogen and oxygen atoms in total. The van der Waals surface area contributed by atoms with E-state index in [-0.39, 0.29) is 0 Å². The first-order chi connectivity index (χ1) is 7.26. The first kappa shape index (κ1) is 12.0. The lowest BCUT2D eigenvalue weighted by Gasteiger charge is -2.15. The van der Waals surface area contributed by atoms with Crippen LogP contribution in [0, 0.1) is 0 Å². The van der Waals surface area contributed by atoms with Gasteiger partial charge in [-0.2, -0.15) is 0 Å². The minimum atomic E-state index is 0.921. The Morgan fingerprint density at radius 1 is 1.40 bits per heavy atom. The van der Waals surface area contributed by atoms with Gasteiger partial charge in [-0.05, 0) is 38.2 Å². The van der Waals surface area contributed by atoms with E-state index in [2.05, 4.69) is 29.4 Å². The van der Waals surface area contributed by atoms with Crippen molar-refractivity contribution < 1.29 is 4.74 Å². The topological polar surface area (TPSA) is 24.5 Å². The highest BCUT2D eigenvalue weighted by Crippen LogP contribution is 2.12. The molecule has 1 aromatic rings. The van der Waals surface area contributed by atoms with Gasteiger partial charge in [-0.1, -0.05) is 12.1 Å². The van der Waals surface area contributed by atoms with Crippen molar-refractivity contribution in [1.82, 2.24) is 10.2 Å². The van der Waals surface area contributed by atoms with Crippen LogP contribution in [0.3, 0.4) is 0 Å². The Morgan fingerprint density at radius 3 is 2.87 bits per heavy atom. The van der Waals surface area contributed by atoms with Crippen LogP contribution in [0.4, 0.5) is 0 Å². The van der Waals surface area contributed by atoms with Crippen LogP contribution in [0.15, 0.2) is 24.3 Å². The standard InChI is InChI=1S/C12H20N2O/c1-13-10-14(2)8-7-11-5-4-6-12(9-11)15-3/h4-6,9,13H,7-8,10H2,1-3H3. The van der Waals surface area contributed by atoms with Crippen LogP contribution in [0.2, 0.25) is 0 Å². The number of ether oxygens (including phenoxy) is 1. The van der Waals surface area contributed by atoms with Gasteiger partial charge in [-0.15, -0.1) is 0 Å². The highest BCUT2D eigenvalue weighted by molar-refractivity contribution is 5.28. The molecule has 0 bridgehead atoms. The molecule has 84 valence electrons. The lowest BCUT2D eigenvalue weighted by atomic mass is 10.1. The first-order valence-corrected chi connectivity index (χ1v) is 5.22. The highest BCUT2D eigenvalue weighted by Gasteiger charge is 1.99. The average Bonchev–Trinajstić information content (AvgIpc) is 2.27. The summed E-state index contributed by atoms with van der Waals surface area (Å²) in [4.78, 5) is 2.25. The molecular weight excluding hydrogens is 188 g/mol. The molecule has 0 fully saturated rings. The van der Waals surface area contributed by atoms with Gasteiger partial charge in [-0.25, -0.2) is 0 Å². The Kier molecular flexibility index (Phi) is 5.15. The fourth-order valence-electron chi connectivity index (χ4n) is 1.50. The predicted octanol–water partition coefficient (Wildman–Crippen LogP) is 1.35. The Balaban J connectivity index is 2.43. The molecule has 0 amide bonds. The van der Waals surface area contributed by atoms with E-state index in [4.69, 9.17) is 4.74 Å². The van der Waals surface area contributed by atoms with E-state index in [1.54, 1.807) is 7.11 Å². The quantitative estimate of drug-likeness (QED) is 0.714. The zero-order valence-electron chi connectivity index (χ0n) is 9.79. The van der Waals surface area contributed by atoms with Crippen molar-refractivity contribution in [1.29, 1.82) is 0 Å². The van der Waals surface area contributed by atoms with Gasteiger partial charge in [0.2, 0.25) is 0 Å². The summed E-state index contributed by atoms with van der Waals surface area (Å²) in [6.45, 7) is 1.97. The summed E-state index contributed by atoms with van der Waals surface area (Å²) < 4.78 is 5.18. The van der Waals surface area contributed by atoms with E-state index >= 15 is 0 Å². The lowest BCUT2D eigenvalue weighted by molar-refractivity contribution is 0.321. The first-order valence-electron chi connectivity index (χ1n) is 5.22. The Bertz CT molecular complexity index is 289. The molecule has 0 atom stereocenters. The van der Waals surface area contributed by atoms with Gasteiger partial charge in [-0.3, -0.25) is 4.90 Å². The number of benzene rings is 1. The second-order valence-electron chi connectivity index (χ2n) is 3.69. The third kappa shape index (κ3) is 4.32. The number of hydrogen-bond acceptors (Lipinski definition) is 3. The van der Waals surface area contributed by atoms with E-state index in [0.29, 0.717) is 0 Å². The van der Waals surface area contributed by atoms with Gasteiger partial charge in [0.15, 0.2) is 0 Å². The highest BCUT2D eigenvalue weighted by atomic mass is 16.5. The minimum absolute atomic E-state index is 0.921. The molecule has 0 unspecified atom stereocenters. The molecule has 0 spiro atoms. The van der Waals surface area contributed by atoms with Gasteiger partial charge in [0.1, 0.15) is 5.75 Å². The second kappa shape index (κ2) is 6.43. The number of hydrogen-bond donors (Lipinski definition) is 1. The normalized spacial score (nSPS) is 10.7. The third-order valence-corrected chi connectivity index (χ3v) is 2.34. The molecule has 3 heteroatoms. The number of rotatable bonds is 6. The second-order valence-corrected chi connectivity index (χ2v) is 3.69. The molecule has 0 aliphatic rings. The molecule has 0 aliphatic carbocycles. The fourth-order valence-corrected chi connectivity index (χ4v) is 1.50. The van der Waals surface area contributed by atoms with Crippen LogP contribution in [0.25, 0.3) is 0 Å². The van der Waals surface area contributed by atoms with Crippen molar-refractivity contribution in [2.45, 2.75) is 6.42 Å². The van der Waals surface area contributed by atoms with Gasteiger partial charge >= 0.3 is 0 Å². The van der Waals surface area contributed by atoms with Crippen molar-refractivity contribution in [3.63, 3.8) is 0 Å². The molecule has 0 aromatic heterocycles. The molecule has 0 saturated carbocycles. The maximum Gasteiger partial charge on any atom is 0.119 e. The maximum atomic E-state index is 5.18. The molecule has 1 aromatic carbocycles. The van der Waals surface area contributed by atoms with Crippen molar-refractivity contribution in [3.8, 4) is 5.75 Å². The number of nitrogens with zero attached hydrogens (tertiary/aromatic N) is 1. The largest absolute Gasteiger partial charge is 0.497 e. The summed E-state index contributed by atoms with van der Waals surface area (Å²) in [5.41, 5.74) is 1.32. The van der Waals surface area contributed by atoms with Gasteiger partial charge in [0.05, 0.1) is 7.11 Å². The summed E-state index contributed by atoms with van der Waals surface area (Å²) in [6.07, 6.45) is 1.05. The fraction of sp³-hybridized carbons (Fsp3) is 0.500. The van der Waals surface area contributed by atoms with E-state index in [1.807, 2.05) is 19.2 Å². The minimum Gasteiger partial charge on any atom is -0.497 e. The summed E-state index contributed by atoms with van der Waals surface area (Å²) in [7, 11) is 5.77. The molecule has 1 rings (SSSR count). The lowest BCUT2D eigenvalue weighted by Crippen LogP contribution is -2.30. The van der Waals surface area contributed by atoms with E-state index < -0.39 is 0 Å². The summed E-state index contributed by atoms with van der Waals surface area (Å²) in [5.74, 6) is 0.934. The zero-order valence-corrected chi connectivity index (χ0v) is 9.79. The Hall–Kier alpha value is -1.06. The number of likely N-dealkylation sites (N-methyl/N-ethyl adjacent to an activating group) is 1. The van der Waals surface area contributed by atoms with E-state index in [0.717, 1.165) is 25.4 Å². The van der Waals surface area contributed by atoms with Crippen LogP contribution < -0.4 is 10.1 Å². The molecule has 15 heavy (non-hydrogen) atoms. The predicted molar refractivity (Wildman–Crippen MR) is 63.3 cm³/mol. The molecule has 0 saturated heterocycles. The van der Waals surface area contributed by atoms with Gasteiger partial charge in [0, 0.05) is 13.2 Å². The Labute approximate surface area is 92.0 Å². The molecule has 0 aliphatic heterocycles. The summed E-state index contributed by atoms with van der Waals surface area (Å²) in [6, 6.07) is 8.23.